The summed E-state index contributed by atoms with van der Waals surface area (Å²) in [6, 6.07) is 15.3. The lowest BCUT2D eigenvalue weighted by atomic mass is 9.96. The van der Waals surface area contributed by atoms with Crippen molar-refractivity contribution in [3.63, 3.8) is 0 Å². The standard InChI is InChI=1S/C28H34N2O5S/c1-7-34-24-10-8-23(9-11-24)30-36(32,33)25-12-13-27(21(5)15-25)35-17-28(31)29-22(6)26-16-19(3)18(2)14-20(26)4/h8-16,22,30H,7,17H2,1-6H3,(H,29,31). The highest BCUT2D eigenvalue weighted by atomic mass is 32.2. The van der Waals surface area contributed by atoms with Crippen molar-refractivity contribution in [3.05, 3.63) is 82.4 Å². The zero-order valence-electron chi connectivity index (χ0n) is 21.6. The first-order chi connectivity index (χ1) is 17.0. The maximum atomic E-state index is 12.8. The Hall–Kier alpha value is -3.52. The van der Waals surface area contributed by atoms with Gasteiger partial charge in [-0.1, -0.05) is 12.1 Å². The lowest BCUT2D eigenvalue weighted by Gasteiger charge is -2.19. The Morgan fingerprint density at radius 3 is 2.17 bits per heavy atom. The quantitative estimate of drug-likeness (QED) is 0.382. The minimum atomic E-state index is -3.79. The molecule has 3 aromatic rings. The minimum Gasteiger partial charge on any atom is -0.494 e. The summed E-state index contributed by atoms with van der Waals surface area (Å²) in [6.45, 7) is 12.1. The van der Waals surface area contributed by atoms with Crippen LogP contribution in [0.4, 0.5) is 5.69 Å². The molecule has 0 saturated heterocycles. The molecule has 1 atom stereocenters. The summed E-state index contributed by atoms with van der Waals surface area (Å²) in [5.41, 5.74) is 5.62. The van der Waals surface area contributed by atoms with Crippen LogP contribution in [0.1, 0.15) is 47.7 Å². The van der Waals surface area contributed by atoms with Crippen LogP contribution in [0.25, 0.3) is 0 Å². The average molecular weight is 511 g/mol. The van der Waals surface area contributed by atoms with Gasteiger partial charge in [-0.25, -0.2) is 8.42 Å². The van der Waals surface area contributed by atoms with E-state index in [-0.39, 0.29) is 23.5 Å². The Labute approximate surface area is 213 Å². The van der Waals surface area contributed by atoms with Gasteiger partial charge < -0.3 is 14.8 Å². The van der Waals surface area contributed by atoms with E-state index in [1.165, 1.54) is 23.3 Å². The third-order valence-electron chi connectivity index (χ3n) is 5.96. The Morgan fingerprint density at radius 2 is 1.53 bits per heavy atom. The van der Waals surface area contributed by atoms with Gasteiger partial charge in [0.2, 0.25) is 0 Å². The maximum Gasteiger partial charge on any atom is 0.261 e. The molecule has 0 aromatic heterocycles. The predicted molar refractivity (Wildman–Crippen MR) is 142 cm³/mol. The third kappa shape index (κ3) is 6.79. The minimum absolute atomic E-state index is 0.101. The first kappa shape index (κ1) is 27.1. The van der Waals surface area contributed by atoms with E-state index in [9.17, 15) is 13.2 Å². The molecule has 0 radical (unpaired) electrons. The first-order valence-electron chi connectivity index (χ1n) is 11.9. The number of hydrogen-bond acceptors (Lipinski definition) is 5. The van der Waals surface area contributed by atoms with E-state index in [1.807, 2.05) is 20.8 Å². The first-order valence-corrected chi connectivity index (χ1v) is 13.3. The van der Waals surface area contributed by atoms with Crippen molar-refractivity contribution in [2.75, 3.05) is 17.9 Å². The van der Waals surface area contributed by atoms with E-state index < -0.39 is 10.0 Å². The second kappa shape index (κ2) is 11.5. The van der Waals surface area contributed by atoms with Crippen LogP contribution in [-0.4, -0.2) is 27.5 Å². The third-order valence-corrected chi connectivity index (χ3v) is 7.34. The average Bonchev–Trinajstić information content (AvgIpc) is 2.81. The summed E-state index contributed by atoms with van der Waals surface area (Å²) in [6.07, 6.45) is 0. The van der Waals surface area contributed by atoms with Gasteiger partial charge in [-0.3, -0.25) is 9.52 Å². The second-order valence-electron chi connectivity index (χ2n) is 8.86. The lowest BCUT2D eigenvalue weighted by Crippen LogP contribution is -2.31. The molecule has 2 N–H and O–H groups in total. The molecular formula is C28H34N2O5S. The van der Waals surface area contributed by atoms with E-state index >= 15 is 0 Å². The number of hydrogen-bond donors (Lipinski definition) is 2. The Bertz CT molecular complexity index is 1330. The van der Waals surface area contributed by atoms with Gasteiger partial charge in [0.1, 0.15) is 11.5 Å². The molecule has 1 amide bonds. The van der Waals surface area contributed by atoms with Gasteiger partial charge >= 0.3 is 0 Å². The molecule has 0 bridgehead atoms. The van der Waals surface area contributed by atoms with Crippen molar-refractivity contribution in [1.29, 1.82) is 0 Å². The molecule has 36 heavy (non-hydrogen) atoms. The largest absolute Gasteiger partial charge is 0.494 e. The number of aryl methyl sites for hydroxylation is 4. The number of anilines is 1. The molecular weight excluding hydrogens is 476 g/mol. The number of ether oxygens (including phenoxy) is 2. The summed E-state index contributed by atoms with van der Waals surface area (Å²) >= 11 is 0. The highest BCUT2D eigenvalue weighted by molar-refractivity contribution is 7.92. The maximum absolute atomic E-state index is 12.8. The van der Waals surface area contributed by atoms with Gasteiger partial charge in [0.25, 0.3) is 15.9 Å². The van der Waals surface area contributed by atoms with Crippen LogP contribution in [0, 0.1) is 27.7 Å². The van der Waals surface area contributed by atoms with E-state index in [2.05, 4.69) is 36.0 Å². The van der Waals surface area contributed by atoms with Crippen LogP contribution >= 0.6 is 0 Å². The molecule has 8 heteroatoms. The number of nitrogens with one attached hydrogen (secondary N) is 2. The van der Waals surface area contributed by atoms with Crippen LogP contribution < -0.4 is 19.5 Å². The van der Waals surface area contributed by atoms with Gasteiger partial charge in [-0.15, -0.1) is 0 Å². The zero-order chi connectivity index (χ0) is 26.5. The van der Waals surface area contributed by atoms with Gasteiger partial charge in [-0.05, 0) is 112 Å². The Morgan fingerprint density at radius 1 is 0.861 bits per heavy atom. The number of rotatable bonds is 10. The molecule has 3 aromatic carbocycles. The molecule has 192 valence electrons. The molecule has 1 unspecified atom stereocenters. The highest BCUT2D eigenvalue weighted by Gasteiger charge is 2.17. The molecule has 7 nitrogen and oxygen atoms in total. The molecule has 0 heterocycles. The fraction of sp³-hybridized carbons (Fsp3) is 0.321. The van der Waals surface area contributed by atoms with Crippen LogP contribution in [0.15, 0.2) is 59.5 Å². The number of carbonyl (C=O) groups is 1. The summed E-state index contributed by atoms with van der Waals surface area (Å²) in [4.78, 5) is 12.6. The van der Waals surface area contributed by atoms with Crippen molar-refractivity contribution < 1.29 is 22.7 Å². The van der Waals surface area contributed by atoms with Crippen LogP contribution in [0.5, 0.6) is 11.5 Å². The molecule has 3 rings (SSSR count). The van der Waals surface area contributed by atoms with Crippen LogP contribution in [-0.2, 0) is 14.8 Å². The molecule has 0 saturated carbocycles. The number of amides is 1. The normalized spacial score (nSPS) is 12.1. The van der Waals surface area contributed by atoms with Gasteiger partial charge in [0, 0.05) is 5.69 Å². The molecule has 0 aliphatic heterocycles. The van der Waals surface area contributed by atoms with Crippen molar-refractivity contribution in [2.24, 2.45) is 0 Å². The monoisotopic (exact) mass is 510 g/mol. The Kier molecular flexibility index (Phi) is 8.63. The van der Waals surface area contributed by atoms with Crippen molar-refractivity contribution in [1.82, 2.24) is 5.32 Å². The Balaban J connectivity index is 1.61. The van der Waals surface area contributed by atoms with Crippen molar-refractivity contribution in [3.8, 4) is 11.5 Å². The molecule has 0 spiro atoms. The van der Waals surface area contributed by atoms with Gasteiger partial charge in [-0.2, -0.15) is 0 Å². The predicted octanol–water partition coefficient (Wildman–Crippen LogP) is 5.38. The van der Waals surface area contributed by atoms with E-state index in [1.54, 1.807) is 37.3 Å². The highest BCUT2D eigenvalue weighted by Crippen LogP contribution is 2.25. The van der Waals surface area contributed by atoms with E-state index in [0.29, 0.717) is 29.4 Å². The number of sulfonamides is 1. The fourth-order valence-electron chi connectivity index (χ4n) is 3.90. The van der Waals surface area contributed by atoms with Crippen molar-refractivity contribution >= 4 is 21.6 Å². The summed E-state index contributed by atoms with van der Waals surface area (Å²) in [7, 11) is -3.79. The summed E-state index contributed by atoms with van der Waals surface area (Å²) < 4.78 is 39.3. The van der Waals surface area contributed by atoms with E-state index in [0.717, 1.165) is 11.1 Å². The number of benzene rings is 3. The second-order valence-corrected chi connectivity index (χ2v) is 10.5. The topological polar surface area (TPSA) is 93.7 Å². The van der Waals surface area contributed by atoms with Crippen LogP contribution in [0.2, 0.25) is 0 Å². The van der Waals surface area contributed by atoms with Crippen molar-refractivity contribution in [2.45, 2.75) is 52.5 Å². The molecule has 0 fully saturated rings. The van der Waals surface area contributed by atoms with E-state index in [4.69, 9.17) is 9.47 Å². The SMILES string of the molecule is CCOc1ccc(NS(=O)(=O)c2ccc(OCC(=O)NC(C)c3cc(C)c(C)cc3C)c(C)c2)cc1. The van der Waals surface area contributed by atoms with Gasteiger partial charge in [0.15, 0.2) is 6.61 Å². The zero-order valence-corrected chi connectivity index (χ0v) is 22.5. The van der Waals surface area contributed by atoms with Crippen LogP contribution in [0.3, 0.4) is 0 Å². The smallest absolute Gasteiger partial charge is 0.261 e. The summed E-state index contributed by atoms with van der Waals surface area (Å²) in [5.74, 6) is 0.855. The fourth-order valence-corrected chi connectivity index (χ4v) is 5.05. The molecule has 0 aliphatic rings. The number of carbonyl (C=O) groups excluding carboxylic acids is 1. The lowest BCUT2D eigenvalue weighted by molar-refractivity contribution is -0.123. The molecule has 0 aliphatic carbocycles. The summed E-state index contributed by atoms with van der Waals surface area (Å²) in [5, 5.41) is 2.97. The van der Waals surface area contributed by atoms with Gasteiger partial charge in [0.05, 0.1) is 17.5 Å².